The normalized spacial score (nSPS) is 15.0. The lowest BCUT2D eigenvalue weighted by Crippen LogP contribution is -2.15. The number of benzene rings is 1. The third kappa shape index (κ3) is 2.72. The maximum atomic E-state index is 6.23. The van der Waals surface area contributed by atoms with E-state index in [0.717, 1.165) is 32.6 Å². The Morgan fingerprint density at radius 1 is 1.17 bits per heavy atom. The Labute approximate surface area is 121 Å². The monoisotopic (exact) mass is 297 g/mol. The minimum atomic E-state index is 0.690. The average Bonchev–Trinajstić information content (AvgIpc) is 3.10. The van der Waals surface area contributed by atoms with Crippen molar-refractivity contribution in [3.8, 4) is 10.4 Å². The quantitative estimate of drug-likeness (QED) is 0.840. The highest BCUT2D eigenvalue weighted by Crippen LogP contribution is 2.35. The summed E-state index contributed by atoms with van der Waals surface area (Å²) in [5, 5.41) is 7.12. The Hall–Kier alpha value is -0.540. The molecule has 4 heteroatoms. The summed E-state index contributed by atoms with van der Waals surface area (Å²) in [6.07, 6.45) is 2.57. The minimum Gasteiger partial charge on any atom is -0.310 e. The van der Waals surface area contributed by atoms with Gasteiger partial charge in [-0.05, 0) is 47.5 Å². The van der Waals surface area contributed by atoms with E-state index >= 15 is 0 Å². The molecule has 1 saturated carbocycles. The van der Waals surface area contributed by atoms with E-state index in [0.29, 0.717) is 6.04 Å². The molecule has 3 rings (SSSR count). The van der Waals surface area contributed by atoms with Gasteiger partial charge in [-0.2, -0.15) is 0 Å². The van der Waals surface area contributed by atoms with E-state index < -0.39 is 0 Å². The van der Waals surface area contributed by atoms with Gasteiger partial charge in [-0.3, -0.25) is 0 Å². The third-order valence-electron chi connectivity index (χ3n) is 3.08. The van der Waals surface area contributed by atoms with E-state index in [-0.39, 0.29) is 0 Å². The van der Waals surface area contributed by atoms with Crippen molar-refractivity contribution in [2.45, 2.75) is 25.4 Å². The van der Waals surface area contributed by atoms with Crippen molar-refractivity contribution in [3.63, 3.8) is 0 Å². The van der Waals surface area contributed by atoms with Crippen molar-refractivity contribution in [1.29, 1.82) is 0 Å². The second kappa shape index (κ2) is 5.22. The molecule has 1 aromatic carbocycles. The number of hydrogen-bond acceptors (Lipinski definition) is 2. The predicted octanol–water partition coefficient (Wildman–Crippen LogP) is 4.97. The Balaban J connectivity index is 1.87. The van der Waals surface area contributed by atoms with Crippen molar-refractivity contribution in [1.82, 2.24) is 5.32 Å². The van der Waals surface area contributed by atoms with Crippen LogP contribution in [0.25, 0.3) is 10.4 Å². The van der Waals surface area contributed by atoms with Crippen LogP contribution in [0.1, 0.15) is 18.4 Å². The van der Waals surface area contributed by atoms with Gasteiger partial charge >= 0.3 is 0 Å². The van der Waals surface area contributed by atoms with E-state index in [1.54, 1.807) is 11.3 Å². The van der Waals surface area contributed by atoms with Crippen LogP contribution in [-0.2, 0) is 6.54 Å². The number of thiophene rings is 1. The van der Waals surface area contributed by atoms with Crippen LogP contribution in [-0.4, -0.2) is 6.04 Å². The van der Waals surface area contributed by atoms with Crippen LogP contribution >= 0.6 is 34.5 Å². The maximum Gasteiger partial charge on any atom is 0.0592 e. The van der Waals surface area contributed by atoms with Crippen LogP contribution in [0.15, 0.2) is 29.6 Å². The molecule has 1 nitrogen and oxygen atoms in total. The first kappa shape index (κ1) is 12.5. The lowest BCUT2D eigenvalue weighted by Gasteiger charge is -2.08. The van der Waals surface area contributed by atoms with Crippen molar-refractivity contribution in [3.05, 3.63) is 45.3 Å². The molecule has 18 heavy (non-hydrogen) atoms. The Kier molecular flexibility index (Phi) is 3.62. The van der Waals surface area contributed by atoms with E-state index in [1.807, 2.05) is 23.6 Å². The molecular formula is C14H13Cl2NS. The summed E-state index contributed by atoms with van der Waals surface area (Å²) >= 11 is 14.1. The van der Waals surface area contributed by atoms with Crippen molar-refractivity contribution >= 4 is 34.5 Å². The van der Waals surface area contributed by atoms with Crippen molar-refractivity contribution in [2.75, 3.05) is 0 Å². The number of hydrogen-bond donors (Lipinski definition) is 1. The zero-order valence-electron chi connectivity index (χ0n) is 9.75. The second-order valence-corrected chi connectivity index (χ2v) is 6.29. The lowest BCUT2D eigenvalue weighted by molar-refractivity contribution is 0.688. The molecule has 0 spiro atoms. The number of rotatable bonds is 4. The lowest BCUT2D eigenvalue weighted by atomic mass is 10.1. The summed E-state index contributed by atoms with van der Waals surface area (Å²) in [6.45, 7) is 0.834. The highest BCUT2D eigenvalue weighted by molar-refractivity contribution is 7.14. The van der Waals surface area contributed by atoms with Gasteiger partial charge in [0, 0.05) is 17.6 Å². The van der Waals surface area contributed by atoms with Gasteiger partial charge in [-0.15, -0.1) is 11.3 Å². The molecule has 0 unspecified atom stereocenters. The molecule has 1 aromatic heterocycles. The van der Waals surface area contributed by atoms with Gasteiger partial charge in [-0.1, -0.05) is 29.3 Å². The Morgan fingerprint density at radius 2 is 2.00 bits per heavy atom. The van der Waals surface area contributed by atoms with E-state index in [1.165, 1.54) is 12.8 Å². The molecule has 1 heterocycles. The molecule has 1 fully saturated rings. The van der Waals surface area contributed by atoms with Gasteiger partial charge < -0.3 is 5.32 Å². The average molecular weight is 298 g/mol. The summed E-state index contributed by atoms with van der Waals surface area (Å²) in [7, 11) is 0. The van der Waals surface area contributed by atoms with Crippen molar-refractivity contribution in [2.24, 2.45) is 0 Å². The summed E-state index contributed by atoms with van der Waals surface area (Å²) in [4.78, 5) is 1.11. The summed E-state index contributed by atoms with van der Waals surface area (Å²) in [5.74, 6) is 0. The van der Waals surface area contributed by atoms with Gasteiger partial charge in [0.15, 0.2) is 0 Å². The Bertz CT molecular complexity index is 561. The van der Waals surface area contributed by atoms with Crippen LogP contribution in [0.3, 0.4) is 0 Å². The maximum absolute atomic E-state index is 6.23. The largest absolute Gasteiger partial charge is 0.310 e. The topological polar surface area (TPSA) is 12.0 Å². The standard InChI is InChI=1S/C14H13Cl2NS/c15-12-4-1-9(14-13(16)5-6-18-14)7-10(12)8-17-11-2-3-11/h1,4-7,11,17H,2-3,8H2. The van der Waals surface area contributed by atoms with Gasteiger partial charge in [0.2, 0.25) is 0 Å². The fourth-order valence-electron chi connectivity index (χ4n) is 1.89. The molecule has 1 aliphatic rings. The molecule has 1 aliphatic carbocycles. The first-order chi connectivity index (χ1) is 8.74. The molecule has 0 atom stereocenters. The zero-order chi connectivity index (χ0) is 12.5. The molecule has 0 radical (unpaired) electrons. The number of halogens is 2. The van der Waals surface area contributed by atoms with E-state index in [9.17, 15) is 0 Å². The molecule has 0 saturated heterocycles. The third-order valence-corrected chi connectivity index (χ3v) is 4.84. The van der Waals surface area contributed by atoms with E-state index in [2.05, 4.69) is 11.4 Å². The smallest absolute Gasteiger partial charge is 0.0592 e. The second-order valence-electron chi connectivity index (χ2n) is 4.56. The first-order valence-corrected chi connectivity index (χ1v) is 7.63. The summed E-state index contributed by atoms with van der Waals surface area (Å²) in [6, 6.07) is 8.74. The fraction of sp³-hybridized carbons (Fsp3) is 0.286. The van der Waals surface area contributed by atoms with Crippen LogP contribution in [0.4, 0.5) is 0 Å². The molecule has 94 valence electrons. The van der Waals surface area contributed by atoms with Gasteiger partial charge in [0.05, 0.1) is 9.90 Å². The summed E-state index contributed by atoms with van der Waals surface area (Å²) in [5.41, 5.74) is 2.29. The van der Waals surface area contributed by atoms with Gasteiger partial charge in [-0.25, -0.2) is 0 Å². The van der Waals surface area contributed by atoms with Crippen LogP contribution < -0.4 is 5.32 Å². The van der Waals surface area contributed by atoms with Crippen LogP contribution in [0, 0.1) is 0 Å². The van der Waals surface area contributed by atoms with Crippen molar-refractivity contribution < 1.29 is 0 Å². The fourth-order valence-corrected chi connectivity index (χ4v) is 3.24. The van der Waals surface area contributed by atoms with E-state index in [4.69, 9.17) is 23.2 Å². The van der Waals surface area contributed by atoms with Crippen LogP contribution in [0.2, 0.25) is 10.0 Å². The molecule has 0 aliphatic heterocycles. The van der Waals surface area contributed by atoms with Crippen LogP contribution in [0.5, 0.6) is 0 Å². The molecule has 2 aromatic rings. The Morgan fingerprint density at radius 3 is 2.67 bits per heavy atom. The molecule has 0 bridgehead atoms. The highest BCUT2D eigenvalue weighted by atomic mass is 35.5. The zero-order valence-corrected chi connectivity index (χ0v) is 12.1. The molecule has 1 N–H and O–H groups in total. The number of nitrogens with one attached hydrogen (secondary N) is 1. The highest BCUT2D eigenvalue weighted by Gasteiger charge is 2.20. The first-order valence-electron chi connectivity index (χ1n) is 5.99. The van der Waals surface area contributed by atoms with Gasteiger partial charge in [0.1, 0.15) is 0 Å². The predicted molar refractivity (Wildman–Crippen MR) is 79.6 cm³/mol. The SMILES string of the molecule is Clc1ccc(-c2sccc2Cl)cc1CNC1CC1. The summed E-state index contributed by atoms with van der Waals surface area (Å²) < 4.78 is 0. The molecular weight excluding hydrogens is 285 g/mol. The molecule has 0 amide bonds. The minimum absolute atomic E-state index is 0.690. The van der Waals surface area contributed by atoms with Gasteiger partial charge in [0.25, 0.3) is 0 Å².